The summed E-state index contributed by atoms with van der Waals surface area (Å²) in [6, 6.07) is 0. The molecule has 0 fully saturated rings. The number of allylic oxidation sites excluding steroid dienone is 3. The fourth-order valence-corrected chi connectivity index (χ4v) is 12.4. The number of quaternary nitrogens is 1. The normalized spacial score (nSPS) is 12.9. The molecule has 6 heteroatoms. The zero-order chi connectivity index (χ0) is 56.7. The molecule has 464 valence electrons. The molecule has 1 atom stereocenters. The van der Waals surface area contributed by atoms with Gasteiger partial charge >= 0.3 is 0 Å². The monoisotopic (exact) mass is 1120 g/mol. The number of unbranched alkanes of at least 4 members (excludes halogenated alkanes) is 57. The van der Waals surface area contributed by atoms with Gasteiger partial charge in [0.1, 0.15) is 37.0 Å². The Labute approximate surface area is 491 Å². The summed E-state index contributed by atoms with van der Waals surface area (Å²) in [5.41, 5.74) is 0. The van der Waals surface area contributed by atoms with E-state index in [0.717, 1.165) is 38.5 Å². The van der Waals surface area contributed by atoms with Crippen molar-refractivity contribution in [1.82, 2.24) is 0 Å². The largest absolute Gasteiger partial charge is 0.386 e. The molecule has 0 spiro atoms. The van der Waals surface area contributed by atoms with Gasteiger partial charge in [-0.3, -0.25) is 4.55 Å². The molecule has 5 nitrogen and oxygen atoms in total. The first-order valence-corrected chi connectivity index (χ1v) is 37.4. The molecule has 0 saturated heterocycles. The number of aliphatic hydroxyl groups excluding tert-OH is 1. The predicted molar refractivity (Wildman–Crippen MR) is 349 cm³/mol. The lowest BCUT2D eigenvalue weighted by molar-refractivity contribution is -0.777. The second-order valence-electron chi connectivity index (χ2n) is 25.2. The minimum atomic E-state index is -4.30. The van der Waals surface area contributed by atoms with Crippen LogP contribution >= 0.6 is 0 Å². The summed E-state index contributed by atoms with van der Waals surface area (Å²) in [5.74, 6) is -0.638. The summed E-state index contributed by atoms with van der Waals surface area (Å²) in [7, 11) is -4.30. The number of hydrogen-bond donors (Lipinski definition) is 2. The Morgan fingerprint density at radius 1 is 0.282 bits per heavy atom. The Bertz CT molecular complexity index is 1220. The maximum absolute atomic E-state index is 11.9. The summed E-state index contributed by atoms with van der Waals surface area (Å²) < 4.78 is 33.8. The van der Waals surface area contributed by atoms with Crippen molar-refractivity contribution in [2.75, 3.05) is 12.3 Å². The van der Waals surface area contributed by atoms with E-state index in [1.807, 2.05) is 0 Å². The fraction of sp³-hybridized carbons (Fsp3) is 0.917. The van der Waals surface area contributed by atoms with Crippen molar-refractivity contribution in [1.29, 1.82) is 0 Å². The maximum Gasteiger partial charge on any atom is 0.267 e. The fourth-order valence-electron chi connectivity index (χ4n) is 11.8. The van der Waals surface area contributed by atoms with E-state index in [1.54, 1.807) is 0 Å². The van der Waals surface area contributed by atoms with Crippen LogP contribution in [0.1, 0.15) is 406 Å². The molecule has 0 amide bonds. The zero-order valence-electron chi connectivity index (χ0n) is 53.4. The molecule has 0 aliphatic heterocycles. The van der Waals surface area contributed by atoms with Gasteiger partial charge < -0.3 is 5.11 Å². The first-order chi connectivity index (χ1) is 38.3. The molecule has 0 radical (unpaired) electrons. The molecule has 0 saturated carbocycles. The lowest BCUT2D eigenvalue weighted by atomic mass is 10.0. The first-order valence-electron chi connectivity index (χ1n) is 35.8. The van der Waals surface area contributed by atoms with Gasteiger partial charge in [-0.15, -0.1) is 0 Å². The number of hydrogen-bond acceptors (Lipinski definition) is 3. The van der Waals surface area contributed by atoms with E-state index < -0.39 is 22.0 Å². The highest BCUT2D eigenvalue weighted by Gasteiger charge is 2.27. The minimum absolute atomic E-state index is 0.195. The van der Waals surface area contributed by atoms with E-state index in [4.69, 9.17) is 0 Å². The third-order valence-corrected chi connectivity index (χ3v) is 17.8. The number of nitrogens with zero attached hydrogens (tertiary/aromatic N) is 1. The molecule has 0 bridgehead atoms. The van der Waals surface area contributed by atoms with Crippen molar-refractivity contribution in [3.8, 4) is 0 Å². The summed E-state index contributed by atoms with van der Waals surface area (Å²) in [6.45, 7) is 7.09. The summed E-state index contributed by atoms with van der Waals surface area (Å²) in [5, 5.41) is 11.1. The Morgan fingerprint density at radius 3 is 0.590 bits per heavy atom. The van der Waals surface area contributed by atoms with Crippen LogP contribution in [0.15, 0.2) is 36.8 Å². The highest BCUT2D eigenvalue weighted by molar-refractivity contribution is 7.85. The Morgan fingerprint density at radius 2 is 0.436 bits per heavy atom. The van der Waals surface area contributed by atoms with E-state index in [-0.39, 0.29) is 11.0 Å². The third kappa shape index (κ3) is 62.6. The van der Waals surface area contributed by atoms with Gasteiger partial charge in [-0.05, 0) is 56.8 Å². The molecule has 0 aliphatic carbocycles. The van der Waals surface area contributed by atoms with Gasteiger partial charge in [-0.25, -0.2) is 4.48 Å². The molecule has 0 rings (SSSR count). The average molecular weight is 1120 g/mol. The van der Waals surface area contributed by atoms with Gasteiger partial charge in [-0.2, -0.15) is 8.42 Å². The first kappa shape index (κ1) is 77.0. The second-order valence-corrected chi connectivity index (χ2v) is 26.7. The van der Waals surface area contributed by atoms with Crippen LogP contribution < -0.4 is 0 Å². The van der Waals surface area contributed by atoms with Gasteiger partial charge in [0.2, 0.25) is 0 Å². The molecule has 2 N–H and O–H groups in total. The summed E-state index contributed by atoms with van der Waals surface area (Å²) >= 11 is 0. The van der Waals surface area contributed by atoms with Crippen molar-refractivity contribution in [3.63, 3.8) is 0 Å². The molecular formula is C72H142NO4S+. The topological polar surface area (TPSA) is 74.6 Å². The number of rotatable bonds is 67. The van der Waals surface area contributed by atoms with E-state index >= 15 is 0 Å². The standard InChI is InChI=1S/C72H141NO4S/c1-4-7-10-13-16-19-22-25-28-31-34-37-40-43-46-49-52-55-58-61-64-67-73(70-72(74)71-78(75,76)77,68-65-62-59-56-53-50-47-44-41-38-35-32-29-26-23-20-17-14-11-8-5-2)69-66-63-60-57-54-51-48-45-42-39-36-33-30-27-24-21-18-15-12-9-6-3/h64-69,72,74H,4-63,70-71H2,1-3H3/p+1/b67-64+,68-65+,69-66+. The molecule has 0 heterocycles. The van der Waals surface area contributed by atoms with Gasteiger partial charge in [-0.1, -0.05) is 367 Å². The predicted octanol–water partition coefficient (Wildman–Crippen LogP) is 25.1. The lowest BCUT2D eigenvalue weighted by Gasteiger charge is -2.29. The Kier molecular flexibility index (Phi) is 62.9. The SMILES string of the molecule is CCCCCCCCCCCCCCCCCCCCC/C=C/[N+](/C=C/CCCCCCCCCCCCCCCCCCCCC)(/C=C/CCCCCCCCCCCCCCCCCCCCC)CC(O)CS(=O)(=O)O. The Balaban J connectivity index is 4.88. The van der Waals surface area contributed by atoms with Crippen LogP contribution in [0.2, 0.25) is 0 Å². The van der Waals surface area contributed by atoms with Crippen LogP contribution in [-0.4, -0.2) is 41.0 Å². The van der Waals surface area contributed by atoms with Crippen LogP contribution in [0.25, 0.3) is 0 Å². The molecular weight excluding hydrogens is 975 g/mol. The van der Waals surface area contributed by atoms with Crippen LogP contribution in [0.4, 0.5) is 0 Å². The van der Waals surface area contributed by atoms with Gasteiger partial charge in [0.15, 0.2) is 0 Å². The van der Waals surface area contributed by atoms with Crippen molar-refractivity contribution in [2.45, 2.75) is 412 Å². The lowest BCUT2D eigenvalue weighted by Crippen LogP contribution is -2.41. The molecule has 0 aromatic rings. The summed E-state index contributed by atoms with van der Waals surface area (Å²) in [6.07, 6.45) is 93.7. The molecule has 0 aromatic carbocycles. The molecule has 1 unspecified atom stereocenters. The van der Waals surface area contributed by atoms with Crippen molar-refractivity contribution in [2.24, 2.45) is 0 Å². The van der Waals surface area contributed by atoms with E-state index in [0.29, 0.717) is 0 Å². The van der Waals surface area contributed by atoms with Crippen molar-refractivity contribution < 1.29 is 22.6 Å². The van der Waals surface area contributed by atoms with Crippen LogP contribution in [0.3, 0.4) is 0 Å². The van der Waals surface area contributed by atoms with Crippen molar-refractivity contribution in [3.05, 3.63) is 36.8 Å². The smallest absolute Gasteiger partial charge is 0.267 e. The van der Waals surface area contributed by atoms with Crippen molar-refractivity contribution >= 4 is 10.1 Å². The third-order valence-electron chi connectivity index (χ3n) is 17.0. The van der Waals surface area contributed by atoms with E-state index in [9.17, 15) is 18.1 Å². The average Bonchev–Trinajstić information content (AvgIpc) is 3.42. The van der Waals surface area contributed by atoms with Crippen LogP contribution in [0, 0.1) is 0 Å². The quantitative estimate of drug-likeness (QED) is 0.0362. The van der Waals surface area contributed by atoms with E-state index in [1.165, 1.54) is 347 Å². The highest BCUT2D eigenvalue weighted by Crippen LogP contribution is 2.22. The molecule has 0 aliphatic rings. The van der Waals surface area contributed by atoms with Crippen LogP contribution in [-0.2, 0) is 10.1 Å². The molecule has 78 heavy (non-hydrogen) atoms. The minimum Gasteiger partial charge on any atom is -0.386 e. The number of aliphatic hydroxyl groups is 1. The van der Waals surface area contributed by atoms with Gasteiger partial charge in [0, 0.05) is 0 Å². The van der Waals surface area contributed by atoms with E-state index in [2.05, 4.69) is 57.6 Å². The maximum atomic E-state index is 11.9. The second kappa shape index (κ2) is 63.6. The highest BCUT2D eigenvalue weighted by atomic mass is 32.2. The molecule has 0 aromatic heterocycles. The van der Waals surface area contributed by atoms with Gasteiger partial charge in [0.05, 0.1) is 0 Å². The zero-order valence-corrected chi connectivity index (χ0v) is 54.3. The summed E-state index contributed by atoms with van der Waals surface area (Å²) in [4.78, 5) is 0. The van der Waals surface area contributed by atoms with Crippen LogP contribution in [0.5, 0.6) is 0 Å². The van der Waals surface area contributed by atoms with Gasteiger partial charge in [0.25, 0.3) is 10.1 Å². The Hall–Kier alpha value is -0.950.